The van der Waals surface area contributed by atoms with E-state index < -0.39 is 0 Å². The molecule has 2 aliphatic heterocycles. The SMILES string of the molecule is O=C1CCN(c2nccc3c(-c4ccc5c(c4)CC(=O)N5)c(-c4ccc(F)cc4)nn23)CC1. The average molecular weight is 441 g/mol. The minimum atomic E-state index is -0.313. The number of hydrogen-bond acceptors (Lipinski definition) is 5. The number of rotatable bonds is 3. The van der Waals surface area contributed by atoms with E-state index in [1.807, 2.05) is 24.3 Å². The van der Waals surface area contributed by atoms with Crippen LogP contribution in [0.3, 0.4) is 0 Å². The Hall–Kier alpha value is -4.07. The predicted octanol–water partition coefficient (Wildman–Crippen LogP) is 3.87. The number of piperidine rings is 1. The summed E-state index contributed by atoms with van der Waals surface area (Å²) >= 11 is 0. The van der Waals surface area contributed by atoms with Gasteiger partial charge in [-0.1, -0.05) is 6.07 Å². The van der Waals surface area contributed by atoms with Crippen LogP contribution in [0.5, 0.6) is 0 Å². The van der Waals surface area contributed by atoms with Gasteiger partial charge in [0.2, 0.25) is 11.9 Å². The first-order chi connectivity index (χ1) is 16.1. The molecule has 1 fully saturated rings. The zero-order chi connectivity index (χ0) is 22.5. The molecule has 0 unspecified atom stereocenters. The third-order valence-electron chi connectivity index (χ3n) is 6.27. The number of carbonyl (C=O) groups excluding carboxylic acids is 2. The number of hydrogen-bond donors (Lipinski definition) is 1. The van der Waals surface area contributed by atoms with Crippen molar-refractivity contribution in [3.8, 4) is 22.4 Å². The number of nitrogens with one attached hydrogen (secondary N) is 1. The lowest BCUT2D eigenvalue weighted by Gasteiger charge is -2.26. The van der Waals surface area contributed by atoms with Crippen molar-refractivity contribution in [2.45, 2.75) is 19.3 Å². The molecule has 1 N–H and O–H groups in total. The van der Waals surface area contributed by atoms with Gasteiger partial charge in [0.1, 0.15) is 17.3 Å². The Morgan fingerprint density at radius 2 is 1.70 bits per heavy atom. The van der Waals surface area contributed by atoms with Gasteiger partial charge in [-0.05, 0) is 53.6 Å². The van der Waals surface area contributed by atoms with Crippen LogP contribution in [0.2, 0.25) is 0 Å². The van der Waals surface area contributed by atoms with E-state index in [0.717, 1.165) is 33.5 Å². The van der Waals surface area contributed by atoms with Gasteiger partial charge in [0.05, 0.1) is 11.9 Å². The third kappa shape index (κ3) is 3.34. The number of fused-ring (bicyclic) bond motifs is 2. The average Bonchev–Trinajstić information content (AvgIpc) is 3.39. The first-order valence-corrected chi connectivity index (χ1v) is 10.9. The summed E-state index contributed by atoms with van der Waals surface area (Å²) in [7, 11) is 0. The van der Waals surface area contributed by atoms with Gasteiger partial charge in [-0.2, -0.15) is 9.61 Å². The Kier molecular flexibility index (Phi) is 4.46. The molecule has 0 bridgehead atoms. The monoisotopic (exact) mass is 441 g/mol. The second kappa shape index (κ2) is 7.51. The molecule has 0 aliphatic carbocycles. The number of amides is 1. The van der Waals surface area contributed by atoms with Crippen LogP contribution in [0.4, 0.5) is 16.0 Å². The molecule has 4 aromatic rings. The topological polar surface area (TPSA) is 79.6 Å². The molecule has 1 saturated heterocycles. The number of benzene rings is 2. The Bertz CT molecular complexity index is 1420. The van der Waals surface area contributed by atoms with Crippen LogP contribution in [0.15, 0.2) is 54.7 Å². The van der Waals surface area contributed by atoms with E-state index in [2.05, 4.69) is 15.2 Å². The predicted molar refractivity (Wildman–Crippen MR) is 123 cm³/mol. The van der Waals surface area contributed by atoms with Gasteiger partial charge in [-0.25, -0.2) is 9.37 Å². The number of anilines is 2. The van der Waals surface area contributed by atoms with Crippen LogP contribution in [0.1, 0.15) is 18.4 Å². The first-order valence-electron chi connectivity index (χ1n) is 10.9. The van der Waals surface area contributed by atoms with E-state index >= 15 is 0 Å². The fraction of sp³-hybridized carbons (Fsp3) is 0.200. The summed E-state index contributed by atoms with van der Waals surface area (Å²) in [6.45, 7) is 1.19. The molecule has 1 amide bonds. The molecular formula is C25H20FN5O2. The summed E-state index contributed by atoms with van der Waals surface area (Å²) in [5.74, 6) is 0.596. The van der Waals surface area contributed by atoms with Gasteiger partial charge < -0.3 is 10.2 Å². The van der Waals surface area contributed by atoms with Gasteiger partial charge in [0.15, 0.2) is 0 Å². The van der Waals surface area contributed by atoms with Crippen molar-refractivity contribution >= 4 is 28.8 Å². The summed E-state index contributed by atoms with van der Waals surface area (Å²) in [6.07, 6.45) is 3.06. The minimum absolute atomic E-state index is 0.0214. The molecule has 0 radical (unpaired) electrons. The molecule has 7 nitrogen and oxygen atoms in total. The second-order valence-corrected chi connectivity index (χ2v) is 8.39. The van der Waals surface area contributed by atoms with Crippen LogP contribution < -0.4 is 10.2 Å². The van der Waals surface area contributed by atoms with Gasteiger partial charge >= 0.3 is 0 Å². The van der Waals surface area contributed by atoms with Crippen LogP contribution >= 0.6 is 0 Å². The number of ketones is 1. The molecule has 6 rings (SSSR count). The quantitative estimate of drug-likeness (QED) is 0.522. The molecule has 8 heteroatoms. The molecule has 2 aliphatic rings. The fourth-order valence-electron chi connectivity index (χ4n) is 4.62. The zero-order valence-corrected chi connectivity index (χ0v) is 17.7. The highest BCUT2D eigenvalue weighted by Crippen LogP contribution is 2.38. The maximum absolute atomic E-state index is 13.6. The fourth-order valence-corrected chi connectivity index (χ4v) is 4.62. The Morgan fingerprint density at radius 1 is 0.939 bits per heavy atom. The largest absolute Gasteiger partial charge is 0.340 e. The first kappa shape index (κ1) is 19.6. The molecule has 4 heterocycles. The van der Waals surface area contributed by atoms with Crippen molar-refractivity contribution < 1.29 is 14.0 Å². The van der Waals surface area contributed by atoms with E-state index in [1.165, 1.54) is 12.1 Å². The highest BCUT2D eigenvalue weighted by molar-refractivity contribution is 6.01. The van der Waals surface area contributed by atoms with Crippen LogP contribution in [-0.4, -0.2) is 39.4 Å². The molecular weight excluding hydrogens is 421 g/mol. The molecule has 2 aromatic heterocycles. The van der Waals surface area contributed by atoms with Gasteiger partial charge in [-0.3, -0.25) is 9.59 Å². The Morgan fingerprint density at radius 3 is 2.48 bits per heavy atom. The van der Waals surface area contributed by atoms with Crippen LogP contribution in [0.25, 0.3) is 27.9 Å². The number of halogens is 1. The van der Waals surface area contributed by atoms with E-state index in [0.29, 0.717) is 44.0 Å². The van der Waals surface area contributed by atoms with Gasteiger partial charge in [0.25, 0.3) is 0 Å². The van der Waals surface area contributed by atoms with E-state index in [1.54, 1.807) is 22.8 Å². The lowest BCUT2D eigenvalue weighted by Crippen LogP contribution is -2.35. The smallest absolute Gasteiger partial charge is 0.228 e. The number of nitrogens with zero attached hydrogens (tertiary/aromatic N) is 4. The number of carbonyl (C=O) groups is 2. The summed E-state index contributed by atoms with van der Waals surface area (Å²) in [4.78, 5) is 30.3. The zero-order valence-electron chi connectivity index (χ0n) is 17.7. The second-order valence-electron chi connectivity index (χ2n) is 8.39. The molecule has 0 saturated carbocycles. The number of aromatic nitrogens is 3. The third-order valence-corrected chi connectivity index (χ3v) is 6.27. The van der Waals surface area contributed by atoms with Crippen LogP contribution in [0, 0.1) is 5.82 Å². The highest BCUT2D eigenvalue weighted by atomic mass is 19.1. The molecule has 2 aromatic carbocycles. The van der Waals surface area contributed by atoms with E-state index in [-0.39, 0.29) is 17.5 Å². The highest BCUT2D eigenvalue weighted by Gasteiger charge is 2.25. The van der Waals surface area contributed by atoms with Crippen molar-refractivity contribution in [3.05, 3.63) is 66.1 Å². The minimum Gasteiger partial charge on any atom is -0.340 e. The van der Waals surface area contributed by atoms with Gasteiger partial charge in [-0.15, -0.1) is 0 Å². The Balaban J connectivity index is 1.57. The molecule has 33 heavy (non-hydrogen) atoms. The molecule has 0 atom stereocenters. The van der Waals surface area contributed by atoms with Crippen molar-refractivity contribution in [2.24, 2.45) is 0 Å². The van der Waals surface area contributed by atoms with Crippen molar-refractivity contribution in [1.82, 2.24) is 14.6 Å². The van der Waals surface area contributed by atoms with Crippen molar-refractivity contribution in [1.29, 1.82) is 0 Å². The lowest BCUT2D eigenvalue weighted by molar-refractivity contribution is -0.119. The van der Waals surface area contributed by atoms with Crippen LogP contribution in [-0.2, 0) is 16.0 Å². The van der Waals surface area contributed by atoms with E-state index in [9.17, 15) is 14.0 Å². The maximum Gasteiger partial charge on any atom is 0.228 e. The van der Waals surface area contributed by atoms with Crippen molar-refractivity contribution in [3.63, 3.8) is 0 Å². The summed E-state index contributed by atoms with van der Waals surface area (Å²) < 4.78 is 15.5. The van der Waals surface area contributed by atoms with E-state index in [4.69, 9.17) is 5.10 Å². The molecule has 164 valence electrons. The normalized spacial score (nSPS) is 15.7. The number of Topliss-reactive ketones (excluding diaryl/α,β-unsaturated/α-hetero) is 1. The summed E-state index contributed by atoms with van der Waals surface area (Å²) in [6, 6.07) is 14.1. The molecule has 0 spiro atoms. The summed E-state index contributed by atoms with van der Waals surface area (Å²) in [5.41, 5.74) is 5.91. The van der Waals surface area contributed by atoms with Crippen molar-refractivity contribution in [2.75, 3.05) is 23.3 Å². The summed E-state index contributed by atoms with van der Waals surface area (Å²) in [5, 5.41) is 7.78. The lowest BCUT2D eigenvalue weighted by atomic mass is 9.97. The standard InChI is InChI=1S/C25H20FN5O2/c26-18-4-1-15(2-5-18)24-23(16-3-6-20-17(13-16)14-22(33)28-20)21-7-10-27-25(31(21)29-24)30-11-8-19(32)9-12-30/h1-7,10,13H,8-9,11-12,14H2,(H,28,33). The van der Waals surface area contributed by atoms with Gasteiger partial charge in [0, 0.05) is 48.9 Å². The maximum atomic E-state index is 13.6. The Labute approximate surface area is 188 Å².